The van der Waals surface area contributed by atoms with Crippen molar-refractivity contribution in [3.8, 4) is 17.0 Å². The van der Waals surface area contributed by atoms with E-state index in [4.69, 9.17) is 9.84 Å². The number of nitrogens with one attached hydrogen (secondary N) is 2. The van der Waals surface area contributed by atoms with Crippen LogP contribution in [-0.2, 0) is 0 Å². The van der Waals surface area contributed by atoms with Crippen LogP contribution < -0.4 is 15.4 Å². The number of rotatable bonds is 11. The number of hydrogen-bond acceptors (Lipinski definition) is 7. The summed E-state index contributed by atoms with van der Waals surface area (Å²) >= 11 is 0. The Kier molecular flexibility index (Phi) is 8.18. The Balaban J connectivity index is 1.60. The van der Waals surface area contributed by atoms with Crippen molar-refractivity contribution >= 4 is 11.6 Å². The number of pyridine rings is 1. The molecule has 0 aliphatic heterocycles. The maximum atomic E-state index is 8.97. The Morgan fingerprint density at radius 3 is 2.61 bits per heavy atom. The van der Waals surface area contributed by atoms with Crippen molar-refractivity contribution in [1.29, 1.82) is 0 Å². The molecule has 0 saturated heterocycles. The third-order valence-corrected chi connectivity index (χ3v) is 5.20. The third kappa shape index (κ3) is 6.39. The Morgan fingerprint density at radius 2 is 1.81 bits per heavy atom. The van der Waals surface area contributed by atoms with Gasteiger partial charge in [-0.2, -0.15) is 0 Å². The predicted molar refractivity (Wildman–Crippen MR) is 125 cm³/mol. The van der Waals surface area contributed by atoms with Crippen molar-refractivity contribution in [1.82, 2.24) is 15.0 Å². The highest BCUT2D eigenvalue weighted by molar-refractivity contribution is 5.65. The second-order valence-corrected chi connectivity index (χ2v) is 7.73. The molecule has 1 aromatic carbocycles. The molecule has 0 aliphatic carbocycles. The average molecular weight is 422 g/mol. The largest absolute Gasteiger partial charge is 0.496 e. The summed E-state index contributed by atoms with van der Waals surface area (Å²) in [6.45, 7) is 5.81. The molecule has 2 unspecified atom stereocenters. The molecule has 7 nitrogen and oxygen atoms in total. The van der Waals surface area contributed by atoms with Gasteiger partial charge in [-0.25, -0.2) is 15.0 Å². The fraction of sp³-hybridized carbons (Fsp3) is 0.375. The van der Waals surface area contributed by atoms with Gasteiger partial charge < -0.3 is 20.5 Å². The molecule has 0 amide bonds. The molecular weight excluding hydrogens is 390 g/mol. The van der Waals surface area contributed by atoms with Crippen molar-refractivity contribution in [3.63, 3.8) is 0 Å². The lowest BCUT2D eigenvalue weighted by atomic mass is 9.90. The normalized spacial score (nSPS) is 12.8. The van der Waals surface area contributed by atoms with Gasteiger partial charge >= 0.3 is 0 Å². The summed E-state index contributed by atoms with van der Waals surface area (Å²) in [4.78, 5) is 13.0. The van der Waals surface area contributed by atoms with E-state index in [0.717, 1.165) is 35.8 Å². The average Bonchev–Trinajstić information content (AvgIpc) is 2.81. The molecule has 0 saturated carbocycles. The zero-order valence-corrected chi connectivity index (χ0v) is 18.4. The highest BCUT2D eigenvalue weighted by atomic mass is 16.5. The van der Waals surface area contributed by atoms with Crippen LogP contribution in [0.15, 0.2) is 55.0 Å². The summed E-state index contributed by atoms with van der Waals surface area (Å²) in [5.41, 5.74) is 3.00. The van der Waals surface area contributed by atoms with Gasteiger partial charge in [0.1, 0.15) is 23.7 Å². The highest BCUT2D eigenvalue weighted by Crippen LogP contribution is 2.30. The lowest BCUT2D eigenvalue weighted by Gasteiger charge is -2.20. The van der Waals surface area contributed by atoms with Crippen LogP contribution in [-0.4, -0.2) is 46.9 Å². The van der Waals surface area contributed by atoms with Gasteiger partial charge in [0, 0.05) is 30.9 Å². The quantitative estimate of drug-likeness (QED) is 0.427. The number of para-hydroxylation sites is 1. The molecule has 0 fully saturated rings. The second-order valence-electron chi connectivity index (χ2n) is 7.73. The van der Waals surface area contributed by atoms with Gasteiger partial charge in [0.15, 0.2) is 0 Å². The summed E-state index contributed by atoms with van der Waals surface area (Å²) in [6, 6.07) is 14.0. The lowest BCUT2D eigenvalue weighted by molar-refractivity contribution is 0.311. The van der Waals surface area contributed by atoms with Gasteiger partial charge in [0.25, 0.3) is 0 Å². The minimum absolute atomic E-state index is 0.0569. The first-order valence-corrected chi connectivity index (χ1v) is 10.6. The van der Waals surface area contributed by atoms with Crippen LogP contribution in [0.2, 0.25) is 0 Å². The minimum Gasteiger partial charge on any atom is -0.496 e. The van der Waals surface area contributed by atoms with E-state index in [9.17, 15) is 0 Å². The molecule has 0 bridgehead atoms. The van der Waals surface area contributed by atoms with E-state index in [2.05, 4.69) is 51.6 Å². The molecule has 7 heteroatoms. The summed E-state index contributed by atoms with van der Waals surface area (Å²) in [5, 5.41) is 15.5. The maximum Gasteiger partial charge on any atom is 0.129 e. The molecule has 0 spiro atoms. The SMILES string of the molecule is COc1ccccc1C(C)CC(C)CNc1cc(-c2ccnc(NCCO)c2)ncn1. The highest BCUT2D eigenvalue weighted by Gasteiger charge is 2.15. The third-order valence-electron chi connectivity index (χ3n) is 5.20. The van der Waals surface area contributed by atoms with E-state index in [1.165, 1.54) is 5.56 Å². The van der Waals surface area contributed by atoms with E-state index in [0.29, 0.717) is 24.2 Å². The number of methoxy groups -OCH3 is 1. The van der Waals surface area contributed by atoms with E-state index in [1.54, 1.807) is 19.6 Å². The van der Waals surface area contributed by atoms with E-state index >= 15 is 0 Å². The molecule has 2 aromatic heterocycles. The summed E-state index contributed by atoms with van der Waals surface area (Å²) < 4.78 is 5.51. The molecule has 3 aromatic rings. The van der Waals surface area contributed by atoms with Crippen molar-refractivity contribution in [2.24, 2.45) is 5.92 Å². The van der Waals surface area contributed by atoms with Gasteiger partial charge in [-0.05, 0) is 42.0 Å². The first-order chi connectivity index (χ1) is 15.1. The number of aliphatic hydroxyl groups is 1. The fourth-order valence-corrected chi connectivity index (χ4v) is 3.65. The van der Waals surface area contributed by atoms with Crippen molar-refractivity contribution in [2.45, 2.75) is 26.2 Å². The van der Waals surface area contributed by atoms with Crippen LogP contribution >= 0.6 is 0 Å². The smallest absolute Gasteiger partial charge is 0.129 e. The number of aliphatic hydroxyl groups excluding tert-OH is 1. The number of hydrogen-bond donors (Lipinski definition) is 3. The van der Waals surface area contributed by atoms with Crippen LogP contribution in [0.25, 0.3) is 11.3 Å². The van der Waals surface area contributed by atoms with E-state index in [1.807, 2.05) is 30.3 Å². The lowest BCUT2D eigenvalue weighted by Crippen LogP contribution is -2.15. The Labute approximate surface area is 183 Å². The molecular formula is C24H31N5O2. The Hall–Kier alpha value is -3.19. The number of nitrogens with zero attached hydrogens (tertiary/aromatic N) is 3. The number of aromatic nitrogens is 3. The zero-order valence-electron chi connectivity index (χ0n) is 18.4. The van der Waals surface area contributed by atoms with Gasteiger partial charge in [-0.1, -0.05) is 32.0 Å². The molecule has 2 atom stereocenters. The topological polar surface area (TPSA) is 92.2 Å². The molecule has 3 N–H and O–H groups in total. The first kappa shape index (κ1) is 22.5. The molecule has 0 aliphatic rings. The molecule has 0 radical (unpaired) electrons. The first-order valence-electron chi connectivity index (χ1n) is 10.6. The van der Waals surface area contributed by atoms with Crippen molar-refractivity contribution < 1.29 is 9.84 Å². The zero-order chi connectivity index (χ0) is 22.1. The van der Waals surface area contributed by atoms with Crippen LogP contribution in [0, 0.1) is 5.92 Å². The molecule has 31 heavy (non-hydrogen) atoms. The van der Waals surface area contributed by atoms with Gasteiger partial charge in [-0.15, -0.1) is 0 Å². The van der Waals surface area contributed by atoms with Gasteiger partial charge in [0.05, 0.1) is 19.4 Å². The number of ether oxygens (including phenoxy) is 1. The molecule has 2 heterocycles. The molecule has 164 valence electrons. The van der Waals surface area contributed by atoms with Crippen LogP contribution in [0.1, 0.15) is 31.7 Å². The molecule has 3 rings (SSSR count). The van der Waals surface area contributed by atoms with Crippen molar-refractivity contribution in [3.05, 3.63) is 60.6 Å². The Morgan fingerprint density at radius 1 is 1.00 bits per heavy atom. The van der Waals surface area contributed by atoms with Crippen LogP contribution in [0.3, 0.4) is 0 Å². The summed E-state index contributed by atoms with van der Waals surface area (Å²) in [5.74, 6) is 3.30. The summed E-state index contributed by atoms with van der Waals surface area (Å²) in [7, 11) is 1.72. The summed E-state index contributed by atoms with van der Waals surface area (Å²) in [6.07, 6.45) is 4.34. The Bertz CT molecular complexity index is 966. The van der Waals surface area contributed by atoms with Gasteiger partial charge in [0.2, 0.25) is 0 Å². The van der Waals surface area contributed by atoms with Crippen LogP contribution in [0.5, 0.6) is 5.75 Å². The van der Waals surface area contributed by atoms with Crippen LogP contribution in [0.4, 0.5) is 11.6 Å². The monoisotopic (exact) mass is 421 g/mol. The van der Waals surface area contributed by atoms with E-state index < -0.39 is 0 Å². The fourth-order valence-electron chi connectivity index (χ4n) is 3.65. The second kappa shape index (κ2) is 11.3. The number of benzene rings is 1. The minimum atomic E-state index is 0.0569. The maximum absolute atomic E-state index is 8.97. The number of anilines is 2. The van der Waals surface area contributed by atoms with E-state index in [-0.39, 0.29) is 6.61 Å². The standard InChI is InChI=1S/C24H31N5O2/c1-17(12-18(2)20-6-4-5-7-22(20)31-3)15-27-24-14-21(28-16-29-24)19-8-9-25-23(13-19)26-10-11-30/h4-9,13-14,16-18,30H,10-12,15H2,1-3H3,(H,25,26)(H,27,28,29). The predicted octanol–water partition coefficient (Wildman–Crippen LogP) is 4.19. The van der Waals surface area contributed by atoms with Gasteiger partial charge in [-0.3, -0.25) is 0 Å². The van der Waals surface area contributed by atoms with Crippen molar-refractivity contribution in [2.75, 3.05) is 37.4 Å².